The first kappa shape index (κ1) is 21.6. The number of halogens is 1. The van der Waals surface area contributed by atoms with Crippen LogP contribution < -0.4 is 10.1 Å². The molecule has 5 rings (SSSR count). The lowest BCUT2D eigenvalue weighted by molar-refractivity contribution is -0.117. The fraction of sp³-hybridized carbons (Fsp3) is 0.360. The molecule has 0 radical (unpaired) electrons. The van der Waals surface area contributed by atoms with Crippen molar-refractivity contribution in [1.82, 2.24) is 25.1 Å². The minimum absolute atomic E-state index is 0.103. The molecule has 2 aliphatic rings. The van der Waals surface area contributed by atoms with E-state index in [0.717, 1.165) is 48.6 Å². The molecule has 7 nitrogen and oxygen atoms in total. The van der Waals surface area contributed by atoms with Crippen LogP contribution in [0.1, 0.15) is 48.8 Å². The second-order valence-corrected chi connectivity index (χ2v) is 9.10. The van der Waals surface area contributed by atoms with Gasteiger partial charge < -0.3 is 10.1 Å². The third kappa shape index (κ3) is 4.64. The van der Waals surface area contributed by atoms with Gasteiger partial charge in [-0.15, -0.1) is 10.2 Å². The summed E-state index contributed by atoms with van der Waals surface area (Å²) in [6, 6.07) is 11.5. The minimum atomic E-state index is -0.192. The molecule has 1 atom stereocenters. The van der Waals surface area contributed by atoms with Crippen LogP contribution in [0.5, 0.6) is 5.88 Å². The second-order valence-electron chi connectivity index (χ2n) is 8.66. The van der Waals surface area contributed by atoms with Crippen LogP contribution in [0.2, 0.25) is 5.02 Å². The number of hydrogen-bond acceptors (Lipinski definition) is 5. The first-order valence-corrected chi connectivity index (χ1v) is 11.7. The van der Waals surface area contributed by atoms with Crippen LogP contribution in [0.15, 0.2) is 55.3 Å². The molecule has 1 N–H and O–H groups in total. The highest BCUT2D eigenvalue weighted by atomic mass is 35.5. The van der Waals surface area contributed by atoms with E-state index in [-0.39, 0.29) is 24.0 Å². The molecular formula is C25H26ClN5O2. The van der Waals surface area contributed by atoms with E-state index >= 15 is 0 Å². The lowest BCUT2D eigenvalue weighted by Crippen LogP contribution is -2.36. The second kappa shape index (κ2) is 9.35. The minimum Gasteiger partial charge on any atom is -0.474 e. The number of nitrogens with zero attached hydrogens (tertiary/aromatic N) is 4. The number of hydrogen-bond donors (Lipinski definition) is 1. The van der Waals surface area contributed by atoms with Gasteiger partial charge in [0.1, 0.15) is 17.8 Å². The monoisotopic (exact) mass is 463 g/mol. The summed E-state index contributed by atoms with van der Waals surface area (Å²) in [6.07, 6.45) is 8.28. The Kier molecular flexibility index (Phi) is 6.13. The van der Waals surface area contributed by atoms with Gasteiger partial charge in [0.15, 0.2) is 0 Å². The zero-order valence-electron chi connectivity index (χ0n) is 18.3. The first-order valence-electron chi connectivity index (χ1n) is 11.3. The van der Waals surface area contributed by atoms with Gasteiger partial charge in [0.05, 0.1) is 5.69 Å². The molecule has 1 unspecified atom stereocenters. The lowest BCUT2D eigenvalue weighted by Gasteiger charge is -2.28. The average Bonchev–Trinajstić information content (AvgIpc) is 3.17. The van der Waals surface area contributed by atoms with Crippen LogP contribution in [0.4, 0.5) is 0 Å². The summed E-state index contributed by atoms with van der Waals surface area (Å²) in [5.74, 6) is 2.60. The maximum absolute atomic E-state index is 12.0. The fourth-order valence-corrected chi connectivity index (χ4v) is 5.07. The fourth-order valence-electron chi connectivity index (χ4n) is 4.87. The third-order valence-corrected chi connectivity index (χ3v) is 6.66. The van der Waals surface area contributed by atoms with Crippen molar-refractivity contribution in [2.24, 2.45) is 0 Å². The van der Waals surface area contributed by atoms with E-state index in [4.69, 9.17) is 16.3 Å². The third-order valence-electron chi connectivity index (χ3n) is 6.43. The van der Waals surface area contributed by atoms with Crippen molar-refractivity contribution < 1.29 is 9.53 Å². The van der Waals surface area contributed by atoms with Crippen LogP contribution in [0, 0.1) is 0 Å². The molecule has 170 valence electrons. The van der Waals surface area contributed by atoms with Gasteiger partial charge in [-0.3, -0.25) is 9.36 Å². The van der Waals surface area contributed by atoms with E-state index in [9.17, 15) is 4.79 Å². The Morgan fingerprint density at radius 2 is 2.00 bits per heavy atom. The Bertz CT molecular complexity index is 1150. The summed E-state index contributed by atoms with van der Waals surface area (Å²) in [5.41, 5.74) is 2.11. The molecule has 3 aromatic rings. The standard InChI is InChI=1S/C25H26ClN5O2/c1-2-23(32)28-19-14-17-13-18(26)8-11-21(17)31-22(15-19)29-30-25(31)16-6-9-20(10-7-16)33-24-5-3-4-12-27-24/h2-5,8,11-13,16,19-20H,1,6-7,9-10,14-15H2,(H,28,32). The van der Waals surface area contributed by atoms with Gasteiger partial charge in [0.25, 0.3) is 0 Å². The topological polar surface area (TPSA) is 81.9 Å². The zero-order chi connectivity index (χ0) is 22.8. The van der Waals surface area contributed by atoms with Crippen LogP contribution in [-0.2, 0) is 17.6 Å². The van der Waals surface area contributed by atoms with Crippen molar-refractivity contribution in [1.29, 1.82) is 0 Å². The highest BCUT2D eigenvalue weighted by Crippen LogP contribution is 2.37. The summed E-state index contributed by atoms with van der Waals surface area (Å²) in [5, 5.41) is 12.9. The number of carbonyl (C=O) groups is 1. The predicted octanol–water partition coefficient (Wildman–Crippen LogP) is 4.19. The van der Waals surface area contributed by atoms with Gasteiger partial charge in [-0.05, 0) is 68.0 Å². The Balaban J connectivity index is 1.39. The van der Waals surface area contributed by atoms with Gasteiger partial charge in [-0.2, -0.15) is 0 Å². The molecule has 1 aliphatic carbocycles. The largest absolute Gasteiger partial charge is 0.474 e. The summed E-state index contributed by atoms with van der Waals surface area (Å²) >= 11 is 6.32. The number of fused-ring (bicyclic) bond motifs is 3. The Hall–Kier alpha value is -3.19. The van der Waals surface area contributed by atoms with Crippen LogP contribution >= 0.6 is 11.6 Å². The molecule has 1 amide bonds. The number of carbonyl (C=O) groups excluding carboxylic acids is 1. The molecule has 1 saturated carbocycles. The maximum Gasteiger partial charge on any atom is 0.243 e. The van der Waals surface area contributed by atoms with Crippen molar-refractivity contribution in [2.45, 2.75) is 56.6 Å². The normalized spacial score (nSPS) is 21.9. The predicted molar refractivity (Wildman–Crippen MR) is 126 cm³/mol. The van der Waals surface area contributed by atoms with E-state index in [1.165, 1.54) is 6.08 Å². The molecule has 1 aromatic carbocycles. The van der Waals surface area contributed by atoms with Crippen molar-refractivity contribution in [2.75, 3.05) is 0 Å². The number of benzene rings is 1. The number of aromatic nitrogens is 4. The molecule has 0 saturated heterocycles. The SMILES string of the molecule is C=CC(=O)NC1Cc2cc(Cl)ccc2-n2c(nnc2C2CCC(Oc3ccccn3)CC2)C1. The van der Waals surface area contributed by atoms with Crippen LogP contribution in [0.25, 0.3) is 5.69 Å². The molecule has 0 bridgehead atoms. The van der Waals surface area contributed by atoms with Gasteiger partial charge >= 0.3 is 0 Å². The number of ether oxygens (including phenoxy) is 1. The van der Waals surface area contributed by atoms with E-state index in [0.29, 0.717) is 23.7 Å². The van der Waals surface area contributed by atoms with Gasteiger partial charge in [-0.25, -0.2) is 4.98 Å². The molecule has 3 heterocycles. The summed E-state index contributed by atoms with van der Waals surface area (Å²) in [7, 11) is 0. The van der Waals surface area contributed by atoms with E-state index in [2.05, 4.69) is 31.6 Å². The van der Waals surface area contributed by atoms with E-state index in [1.54, 1.807) is 6.20 Å². The number of pyridine rings is 1. The Morgan fingerprint density at radius 3 is 2.76 bits per heavy atom. The van der Waals surface area contributed by atoms with Gasteiger partial charge in [-0.1, -0.05) is 24.2 Å². The van der Waals surface area contributed by atoms with Crippen molar-refractivity contribution in [3.8, 4) is 11.6 Å². The van der Waals surface area contributed by atoms with Crippen molar-refractivity contribution in [3.63, 3.8) is 0 Å². The van der Waals surface area contributed by atoms with E-state index in [1.807, 2.05) is 36.4 Å². The Morgan fingerprint density at radius 1 is 1.15 bits per heavy atom. The molecular weight excluding hydrogens is 438 g/mol. The number of rotatable bonds is 5. The van der Waals surface area contributed by atoms with Crippen molar-refractivity contribution in [3.05, 3.63) is 77.5 Å². The molecule has 33 heavy (non-hydrogen) atoms. The quantitative estimate of drug-likeness (QED) is 0.574. The average molecular weight is 464 g/mol. The number of amides is 1. The van der Waals surface area contributed by atoms with Gasteiger partial charge in [0.2, 0.25) is 11.8 Å². The smallest absolute Gasteiger partial charge is 0.243 e. The van der Waals surface area contributed by atoms with E-state index < -0.39 is 0 Å². The van der Waals surface area contributed by atoms with Crippen LogP contribution in [0.3, 0.4) is 0 Å². The maximum atomic E-state index is 12.0. The molecule has 1 aliphatic heterocycles. The van der Waals surface area contributed by atoms with Crippen LogP contribution in [-0.4, -0.2) is 37.8 Å². The highest BCUT2D eigenvalue weighted by molar-refractivity contribution is 6.30. The molecule has 2 aromatic heterocycles. The Labute approximate surface area is 197 Å². The summed E-state index contributed by atoms with van der Waals surface area (Å²) < 4.78 is 8.24. The molecule has 8 heteroatoms. The summed E-state index contributed by atoms with van der Waals surface area (Å²) in [4.78, 5) is 16.3. The van der Waals surface area contributed by atoms with Gasteiger partial charge in [0, 0.05) is 35.7 Å². The molecule has 0 spiro atoms. The molecule has 1 fully saturated rings. The lowest BCUT2D eigenvalue weighted by atomic mass is 9.86. The zero-order valence-corrected chi connectivity index (χ0v) is 19.0. The first-order chi connectivity index (χ1) is 16.1. The highest BCUT2D eigenvalue weighted by Gasteiger charge is 2.32. The van der Waals surface area contributed by atoms with Crippen molar-refractivity contribution >= 4 is 17.5 Å². The summed E-state index contributed by atoms with van der Waals surface area (Å²) in [6.45, 7) is 3.57. The number of nitrogens with one attached hydrogen (secondary N) is 1.